The SMILES string of the molecule is O=C(NCc1ccc(-c2ncc[nH]2)cc1)c1cccc(NC(=O)c2ccccc2-c2ccccc2)c1. The Morgan fingerprint density at radius 2 is 1.53 bits per heavy atom. The van der Waals surface area contributed by atoms with Crippen molar-refractivity contribution >= 4 is 17.5 Å². The molecular weight excluding hydrogens is 448 g/mol. The third kappa shape index (κ3) is 5.23. The lowest BCUT2D eigenvalue weighted by molar-refractivity contribution is 0.0949. The molecule has 3 N–H and O–H groups in total. The van der Waals surface area contributed by atoms with Gasteiger partial charge in [-0.2, -0.15) is 0 Å². The van der Waals surface area contributed by atoms with Crippen LogP contribution in [0.2, 0.25) is 0 Å². The number of benzene rings is 4. The fourth-order valence-electron chi connectivity index (χ4n) is 3.98. The third-order valence-corrected chi connectivity index (χ3v) is 5.82. The molecule has 36 heavy (non-hydrogen) atoms. The van der Waals surface area contributed by atoms with Crippen LogP contribution >= 0.6 is 0 Å². The molecule has 4 aromatic carbocycles. The molecule has 0 spiro atoms. The highest BCUT2D eigenvalue weighted by Crippen LogP contribution is 2.24. The molecule has 0 atom stereocenters. The summed E-state index contributed by atoms with van der Waals surface area (Å²) in [4.78, 5) is 33.2. The summed E-state index contributed by atoms with van der Waals surface area (Å²) >= 11 is 0. The lowest BCUT2D eigenvalue weighted by atomic mass is 9.99. The predicted octanol–water partition coefficient (Wildman–Crippen LogP) is 5.93. The minimum atomic E-state index is -0.233. The van der Waals surface area contributed by atoms with Gasteiger partial charge in [-0.15, -0.1) is 0 Å². The van der Waals surface area contributed by atoms with E-state index in [1.54, 1.807) is 42.7 Å². The van der Waals surface area contributed by atoms with E-state index in [1.165, 1.54) is 0 Å². The van der Waals surface area contributed by atoms with E-state index in [0.717, 1.165) is 28.1 Å². The Labute approximate surface area is 209 Å². The number of carbonyl (C=O) groups excluding carboxylic acids is 2. The fourth-order valence-corrected chi connectivity index (χ4v) is 3.98. The molecule has 0 fully saturated rings. The van der Waals surface area contributed by atoms with Gasteiger partial charge in [0.2, 0.25) is 0 Å². The molecule has 0 unspecified atom stereocenters. The van der Waals surface area contributed by atoms with Gasteiger partial charge in [-0.1, -0.05) is 78.9 Å². The van der Waals surface area contributed by atoms with Crippen LogP contribution in [-0.4, -0.2) is 21.8 Å². The normalized spacial score (nSPS) is 10.6. The molecule has 5 aromatic rings. The van der Waals surface area contributed by atoms with E-state index in [4.69, 9.17) is 0 Å². The maximum absolute atomic E-state index is 13.1. The van der Waals surface area contributed by atoms with Gasteiger partial charge >= 0.3 is 0 Å². The van der Waals surface area contributed by atoms with Crippen molar-refractivity contribution in [2.45, 2.75) is 6.54 Å². The predicted molar refractivity (Wildman–Crippen MR) is 141 cm³/mol. The highest BCUT2D eigenvalue weighted by Gasteiger charge is 2.14. The molecule has 1 heterocycles. The molecule has 0 aliphatic heterocycles. The van der Waals surface area contributed by atoms with Crippen molar-refractivity contribution < 1.29 is 9.59 Å². The van der Waals surface area contributed by atoms with E-state index in [2.05, 4.69) is 20.6 Å². The van der Waals surface area contributed by atoms with Gasteiger partial charge in [-0.05, 0) is 41.0 Å². The molecule has 0 aliphatic rings. The molecule has 0 saturated carbocycles. The minimum absolute atomic E-state index is 0.217. The minimum Gasteiger partial charge on any atom is -0.348 e. The summed E-state index contributed by atoms with van der Waals surface area (Å²) in [5, 5.41) is 5.87. The quantitative estimate of drug-likeness (QED) is 0.275. The van der Waals surface area contributed by atoms with Gasteiger partial charge in [0.15, 0.2) is 0 Å². The van der Waals surface area contributed by atoms with E-state index in [-0.39, 0.29) is 11.8 Å². The smallest absolute Gasteiger partial charge is 0.256 e. The number of aromatic nitrogens is 2. The number of amides is 2. The molecule has 0 bridgehead atoms. The molecule has 0 radical (unpaired) electrons. The number of rotatable bonds is 7. The first kappa shape index (κ1) is 22.8. The summed E-state index contributed by atoms with van der Waals surface area (Å²) in [5.41, 5.74) is 5.36. The number of carbonyl (C=O) groups is 2. The zero-order valence-electron chi connectivity index (χ0n) is 19.4. The van der Waals surface area contributed by atoms with E-state index < -0.39 is 0 Å². The Morgan fingerprint density at radius 3 is 2.31 bits per heavy atom. The molecule has 0 saturated heterocycles. The van der Waals surface area contributed by atoms with Crippen LogP contribution in [0.15, 0.2) is 116 Å². The molecule has 1 aromatic heterocycles. The average Bonchev–Trinajstić information content (AvgIpc) is 3.48. The van der Waals surface area contributed by atoms with Gasteiger partial charge in [-0.3, -0.25) is 9.59 Å². The molecule has 6 heteroatoms. The fraction of sp³-hybridized carbons (Fsp3) is 0.0333. The maximum Gasteiger partial charge on any atom is 0.256 e. The van der Waals surface area contributed by atoms with Crippen LogP contribution in [0.3, 0.4) is 0 Å². The molecule has 5 rings (SSSR count). The monoisotopic (exact) mass is 472 g/mol. The van der Waals surface area contributed by atoms with Crippen molar-refractivity contribution in [2.24, 2.45) is 0 Å². The average molecular weight is 473 g/mol. The van der Waals surface area contributed by atoms with Gasteiger partial charge < -0.3 is 15.6 Å². The Kier molecular flexibility index (Phi) is 6.67. The van der Waals surface area contributed by atoms with Crippen LogP contribution in [0, 0.1) is 0 Å². The molecule has 0 aliphatic carbocycles. The van der Waals surface area contributed by atoms with Gasteiger partial charge in [-0.25, -0.2) is 4.98 Å². The van der Waals surface area contributed by atoms with Gasteiger partial charge in [0, 0.05) is 41.3 Å². The molecule has 176 valence electrons. The van der Waals surface area contributed by atoms with Gasteiger partial charge in [0.25, 0.3) is 11.8 Å². The lowest BCUT2D eigenvalue weighted by Gasteiger charge is -2.12. The van der Waals surface area contributed by atoms with Crippen molar-refractivity contribution in [2.75, 3.05) is 5.32 Å². The van der Waals surface area contributed by atoms with E-state index in [1.807, 2.05) is 72.8 Å². The standard InChI is InChI=1S/C30H24N4O2/c35-29(33-20-21-13-15-23(16-14-21)28-31-17-18-32-28)24-9-6-10-25(19-24)34-30(36)27-12-5-4-11-26(27)22-7-2-1-3-8-22/h1-19H,20H2,(H,31,32)(H,33,35)(H,34,36). The summed E-state index contributed by atoms with van der Waals surface area (Å²) in [6.45, 7) is 0.387. The number of nitrogens with one attached hydrogen (secondary N) is 3. The first-order valence-electron chi connectivity index (χ1n) is 11.6. The summed E-state index contributed by atoms with van der Waals surface area (Å²) in [5.74, 6) is 0.352. The number of imidazole rings is 1. The van der Waals surface area contributed by atoms with Crippen molar-refractivity contribution in [3.8, 4) is 22.5 Å². The number of hydrogen-bond acceptors (Lipinski definition) is 3. The summed E-state index contributed by atoms with van der Waals surface area (Å²) in [7, 11) is 0. The Balaban J connectivity index is 1.24. The number of anilines is 1. The number of H-pyrrole nitrogens is 1. The molecular formula is C30H24N4O2. The Hall–Kier alpha value is -4.97. The Morgan fingerprint density at radius 1 is 0.750 bits per heavy atom. The molecule has 6 nitrogen and oxygen atoms in total. The van der Waals surface area contributed by atoms with E-state index in [0.29, 0.717) is 23.4 Å². The van der Waals surface area contributed by atoms with Crippen LogP contribution in [-0.2, 0) is 6.54 Å². The van der Waals surface area contributed by atoms with Crippen LogP contribution in [0.1, 0.15) is 26.3 Å². The van der Waals surface area contributed by atoms with Crippen molar-refractivity contribution in [1.82, 2.24) is 15.3 Å². The number of hydrogen-bond donors (Lipinski definition) is 3. The van der Waals surface area contributed by atoms with Crippen LogP contribution < -0.4 is 10.6 Å². The highest BCUT2D eigenvalue weighted by atomic mass is 16.2. The zero-order valence-corrected chi connectivity index (χ0v) is 19.4. The van der Waals surface area contributed by atoms with E-state index in [9.17, 15) is 9.59 Å². The Bertz CT molecular complexity index is 1480. The molecule has 2 amide bonds. The van der Waals surface area contributed by atoms with Crippen LogP contribution in [0.5, 0.6) is 0 Å². The van der Waals surface area contributed by atoms with Crippen molar-refractivity contribution in [3.63, 3.8) is 0 Å². The summed E-state index contributed by atoms with van der Waals surface area (Å²) in [6.07, 6.45) is 3.49. The highest BCUT2D eigenvalue weighted by molar-refractivity contribution is 6.09. The zero-order chi connectivity index (χ0) is 24.7. The van der Waals surface area contributed by atoms with Crippen molar-refractivity contribution in [1.29, 1.82) is 0 Å². The second-order valence-electron chi connectivity index (χ2n) is 8.26. The van der Waals surface area contributed by atoms with E-state index >= 15 is 0 Å². The topological polar surface area (TPSA) is 86.9 Å². The number of aromatic amines is 1. The van der Waals surface area contributed by atoms with Crippen LogP contribution in [0.4, 0.5) is 5.69 Å². The van der Waals surface area contributed by atoms with Gasteiger partial charge in [0.1, 0.15) is 5.82 Å². The van der Waals surface area contributed by atoms with Crippen LogP contribution in [0.25, 0.3) is 22.5 Å². The maximum atomic E-state index is 13.1. The largest absolute Gasteiger partial charge is 0.348 e. The summed E-state index contributed by atoms with van der Waals surface area (Å²) < 4.78 is 0. The third-order valence-electron chi connectivity index (χ3n) is 5.82. The first-order valence-corrected chi connectivity index (χ1v) is 11.6. The second-order valence-corrected chi connectivity index (χ2v) is 8.26. The lowest BCUT2D eigenvalue weighted by Crippen LogP contribution is -2.23. The van der Waals surface area contributed by atoms with Crippen molar-refractivity contribution in [3.05, 3.63) is 132 Å². The van der Waals surface area contributed by atoms with Gasteiger partial charge in [0.05, 0.1) is 0 Å². The first-order chi connectivity index (χ1) is 17.7. The second kappa shape index (κ2) is 10.5. The summed E-state index contributed by atoms with van der Waals surface area (Å²) in [6, 6.07) is 32.0. The number of nitrogens with zero attached hydrogens (tertiary/aromatic N) is 1.